The topological polar surface area (TPSA) is 124 Å². The number of fused-ring (bicyclic) bond motifs is 1. The molecule has 2 aromatic carbocycles. The molecule has 1 aromatic heterocycles. The number of ketones is 1. The zero-order valence-corrected chi connectivity index (χ0v) is 22.1. The average Bonchev–Trinajstić information content (AvgIpc) is 3.32. The summed E-state index contributed by atoms with van der Waals surface area (Å²) < 4.78 is 15.3. The number of aromatic amines is 1. The van der Waals surface area contributed by atoms with Crippen molar-refractivity contribution in [1.29, 1.82) is 0 Å². The number of esters is 2. The van der Waals surface area contributed by atoms with Crippen LogP contribution in [0.3, 0.4) is 0 Å². The van der Waals surface area contributed by atoms with E-state index in [1.165, 1.54) is 0 Å². The van der Waals surface area contributed by atoms with Gasteiger partial charge in [0.15, 0.2) is 11.2 Å². The quantitative estimate of drug-likeness (QED) is 0.206. The number of carbonyl (C=O) groups excluding carboxylic acids is 4. The van der Waals surface area contributed by atoms with Crippen molar-refractivity contribution in [3.8, 4) is 0 Å². The van der Waals surface area contributed by atoms with Crippen molar-refractivity contribution >= 4 is 34.7 Å². The van der Waals surface area contributed by atoms with Gasteiger partial charge < -0.3 is 24.5 Å². The van der Waals surface area contributed by atoms with Crippen LogP contribution in [-0.2, 0) is 41.6 Å². The van der Waals surface area contributed by atoms with Crippen LogP contribution in [0.1, 0.15) is 37.8 Å². The summed E-state index contributed by atoms with van der Waals surface area (Å²) in [7, 11) is 2.31. The first kappa shape index (κ1) is 28.4. The number of carbonyl (C=O) groups is 4. The van der Waals surface area contributed by atoms with Gasteiger partial charge in [0.1, 0.15) is 6.61 Å². The predicted octanol–water partition coefficient (Wildman–Crippen LogP) is 4.34. The molecule has 3 rings (SSSR count). The van der Waals surface area contributed by atoms with E-state index in [2.05, 4.69) is 10.3 Å². The fourth-order valence-electron chi connectivity index (χ4n) is 4.50. The molecule has 0 fully saturated rings. The lowest BCUT2D eigenvalue weighted by Gasteiger charge is -2.29. The second-order valence-electron chi connectivity index (χ2n) is 9.63. The SMILES string of the molecule is COC(=O)C(CC(=O)[C@H](CC(C)C)NC(=O)OCc1ccccc1)(Cc1c[nH]c2ccccc12)C(=O)OC. The summed E-state index contributed by atoms with van der Waals surface area (Å²) in [6.45, 7) is 3.83. The Balaban J connectivity index is 1.87. The van der Waals surface area contributed by atoms with Crippen molar-refractivity contribution in [2.45, 2.75) is 45.8 Å². The van der Waals surface area contributed by atoms with Crippen molar-refractivity contribution in [3.63, 3.8) is 0 Å². The third kappa shape index (κ3) is 6.79. The fourth-order valence-corrected chi connectivity index (χ4v) is 4.50. The summed E-state index contributed by atoms with van der Waals surface area (Å²) in [5.41, 5.74) is 0.317. The molecule has 202 valence electrons. The molecule has 1 amide bonds. The van der Waals surface area contributed by atoms with Crippen LogP contribution in [0.15, 0.2) is 60.8 Å². The number of para-hydroxylation sites is 1. The van der Waals surface area contributed by atoms with Gasteiger partial charge in [-0.05, 0) is 29.5 Å². The molecule has 0 radical (unpaired) electrons. The van der Waals surface area contributed by atoms with Crippen molar-refractivity contribution in [1.82, 2.24) is 10.3 Å². The van der Waals surface area contributed by atoms with E-state index < -0.39 is 41.7 Å². The predicted molar refractivity (Wildman–Crippen MR) is 141 cm³/mol. The maximum atomic E-state index is 13.6. The van der Waals surface area contributed by atoms with Crippen molar-refractivity contribution in [3.05, 3.63) is 71.9 Å². The number of methoxy groups -OCH3 is 2. The number of nitrogens with one attached hydrogen (secondary N) is 2. The van der Waals surface area contributed by atoms with Crippen LogP contribution < -0.4 is 5.32 Å². The minimum Gasteiger partial charge on any atom is -0.468 e. The van der Waals surface area contributed by atoms with Crippen LogP contribution in [0.4, 0.5) is 4.79 Å². The Bertz CT molecular complexity index is 1250. The third-order valence-electron chi connectivity index (χ3n) is 6.40. The fraction of sp³-hybridized carbons (Fsp3) is 0.379. The Kier molecular flexibility index (Phi) is 9.65. The number of hydrogen-bond donors (Lipinski definition) is 2. The van der Waals surface area contributed by atoms with E-state index in [9.17, 15) is 19.2 Å². The Morgan fingerprint density at radius 2 is 1.55 bits per heavy atom. The van der Waals surface area contributed by atoms with E-state index in [0.717, 1.165) is 30.7 Å². The van der Waals surface area contributed by atoms with E-state index in [4.69, 9.17) is 14.2 Å². The minimum absolute atomic E-state index is 0.0256. The summed E-state index contributed by atoms with van der Waals surface area (Å²) in [6.07, 6.45) is 0.550. The van der Waals surface area contributed by atoms with E-state index in [1.807, 2.05) is 68.4 Å². The molecular weight excluding hydrogens is 488 g/mol. The van der Waals surface area contributed by atoms with E-state index in [1.54, 1.807) is 6.20 Å². The zero-order chi connectivity index (χ0) is 27.7. The summed E-state index contributed by atoms with van der Waals surface area (Å²) in [4.78, 5) is 55.7. The highest BCUT2D eigenvalue weighted by Gasteiger charge is 2.51. The van der Waals surface area contributed by atoms with Crippen molar-refractivity contribution in [2.75, 3.05) is 14.2 Å². The first-order valence-electron chi connectivity index (χ1n) is 12.4. The number of Topliss-reactive ketones (excluding diaryl/α,β-unsaturated/α-hetero) is 1. The molecule has 9 nitrogen and oxygen atoms in total. The molecule has 9 heteroatoms. The summed E-state index contributed by atoms with van der Waals surface area (Å²) >= 11 is 0. The molecule has 2 N–H and O–H groups in total. The molecule has 0 aliphatic carbocycles. The van der Waals surface area contributed by atoms with Gasteiger partial charge in [0.25, 0.3) is 0 Å². The third-order valence-corrected chi connectivity index (χ3v) is 6.40. The first-order chi connectivity index (χ1) is 18.2. The van der Waals surface area contributed by atoms with E-state index >= 15 is 0 Å². The maximum Gasteiger partial charge on any atom is 0.408 e. The number of hydrogen-bond acceptors (Lipinski definition) is 7. The molecule has 0 spiro atoms. The second-order valence-corrected chi connectivity index (χ2v) is 9.63. The molecule has 0 saturated carbocycles. The maximum absolute atomic E-state index is 13.6. The largest absolute Gasteiger partial charge is 0.468 e. The smallest absolute Gasteiger partial charge is 0.408 e. The number of benzene rings is 2. The Hall–Kier alpha value is -4.14. The molecule has 0 saturated heterocycles. The lowest BCUT2D eigenvalue weighted by molar-refractivity contribution is -0.171. The van der Waals surface area contributed by atoms with Gasteiger partial charge in [-0.1, -0.05) is 62.4 Å². The zero-order valence-electron chi connectivity index (χ0n) is 22.1. The van der Waals surface area contributed by atoms with Gasteiger partial charge >= 0.3 is 18.0 Å². The van der Waals surface area contributed by atoms with Crippen LogP contribution in [0.5, 0.6) is 0 Å². The number of ether oxygens (including phenoxy) is 3. The van der Waals surface area contributed by atoms with Gasteiger partial charge in [0.2, 0.25) is 0 Å². The van der Waals surface area contributed by atoms with Crippen LogP contribution in [0.2, 0.25) is 0 Å². The lowest BCUT2D eigenvalue weighted by Crippen LogP contribution is -2.49. The van der Waals surface area contributed by atoms with Crippen molar-refractivity contribution < 1.29 is 33.4 Å². The Morgan fingerprint density at radius 1 is 0.921 bits per heavy atom. The van der Waals surface area contributed by atoms with Gasteiger partial charge in [0.05, 0.1) is 20.3 Å². The second kappa shape index (κ2) is 12.9. The van der Waals surface area contributed by atoms with Crippen molar-refractivity contribution in [2.24, 2.45) is 11.3 Å². The van der Waals surface area contributed by atoms with Gasteiger partial charge in [-0.25, -0.2) is 4.79 Å². The van der Waals surface area contributed by atoms with E-state index in [-0.39, 0.29) is 25.4 Å². The summed E-state index contributed by atoms with van der Waals surface area (Å²) in [6, 6.07) is 15.6. The molecule has 0 unspecified atom stereocenters. The number of H-pyrrole nitrogens is 1. The molecule has 1 atom stereocenters. The van der Waals surface area contributed by atoms with Crippen LogP contribution in [-0.4, -0.2) is 49.1 Å². The number of amides is 1. The van der Waals surface area contributed by atoms with Crippen LogP contribution in [0.25, 0.3) is 10.9 Å². The van der Waals surface area contributed by atoms with Gasteiger partial charge in [-0.3, -0.25) is 14.4 Å². The first-order valence-corrected chi connectivity index (χ1v) is 12.4. The number of alkyl carbamates (subject to hydrolysis) is 1. The van der Waals surface area contributed by atoms with Gasteiger partial charge in [0, 0.05) is 29.9 Å². The monoisotopic (exact) mass is 522 g/mol. The highest BCUT2D eigenvalue weighted by atomic mass is 16.6. The molecule has 38 heavy (non-hydrogen) atoms. The Morgan fingerprint density at radius 3 is 2.18 bits per heavy atom. The van der Waals surface area contributed by atoms with Crippen LogP contribution >= 0.6 is 0 Å². The number of rotatable bonds is 12. The molecule has 0 aliphatic heterocycles. The molecule has 0 aliphatic rings. The van der Waals surface area contributed by atoms with Crippen LogP contribution in [0, 0.1) is 11.3 Å². The molecule has 0 bridgehead atoms. The van der Waals surface area contributed by atoms with E-state index in [0.29, 0.717) is 5.56 Å². The molecule has 3 aromatic rings. The summed E-state index contributed by atoms with van der Waals surface area (Å²) in [5.74, 6) is -2.26. The normalized spacial score (nSPS) is 12.1. The standard InChI is InChI=1S/C29H34N2O7/c1-19(2)14-24(31-28(35)38-18-20-10-6-5-7-11-20)25(32)16-29(26(33)36-3,27(34)37-4)15-21-17-30-23-13-9-8-12-22(21)23/h5-13,17,19,24,30H,14-16,18H2,1-4H3,(H,31,35)/t24-/m0/s1. The molecule has 1 heterocycles. The van der Waals surface area contributed by atoms with Gasteiger partial charge in [-0.2, -0.15) is 0 Å². The highest BCUT2D eigenvalue weighted by molar-refractivity contribution is 6.05. The lowest BCUT2D eigenvalue weighted by atomic mass is 9.75. The van der Waals surface area contributed by atoms with Gasteiger partial charge in [-0.15, -0.1) is 0 Å². The Labute approximate surface area is 221 Å². The number of aromatic nitrogens is 1. The summed E-state index contributed by atoms with van der Waals surface area (Å²) in [5, 5.41) is 3.43. The highest BCUT2D eigenvalue weighted by Crippen LogP contribution is 2.34. The molecular formula is C29H34N2O7. The minimum atomic E-state index is -1.95. The average molecular weight is 523 g/mol.